The summed E-state index contributed by atoms with van der Waals surface area (Å²) in [5, 5.41) is 9.41. The molecule has 0 aliphatic carbocycles. The number of benzene rings is 2. The van der Waals surface area contributed by atoms with Crippen LogP contribution in [-0.4, -0.2) is 32.4 Å². The predicted octanol–water partition coefficient (Wildman–Crippen LogP) is 2.91. The summed E-state index contributed by atoms with van der Waals surface area (Å²) < 4.78 is 15.4. The number of aromatic hydroxyl groups is 1. The molecule has 122 valence electrons. The predicted molar refractivity (Wildman–Crippen MR) is 86.1 cm³/mol. The van der Waals surface area contributed by atoms with Crippen molar-refractivity contribution in [3.8, 4) is 17.2 Å². The third-order valence-electron chi connectivity index (χ3n) is 3.63. The van der Waals surface area contributed by atoms with Gasteiger partial charge in [-0.3, -0.25) is 4.79 Å². The summed E-state index contributed by atoms with van der Waals surface area (Å²) in [6, 6.07) is 12.0. The average molecular weight is 316 g/mol. The summed E-state index contributed by atoms with van der Waals surface area (Å²) >= 11 is 0. The number of esters is 1. The third-order valence-corrected chi connectivity index (χ3v) is 3.63. The molecule has 1 N–H and O–H groups in total. The van der Waals surface area contributed by atoms with Crippen molar-refractivity contribution < 1.29 is 24.1 Å². The molecule has 0 spiro atoms. The van der Waals surface area contributed by atoms with Crippen molar-refractivity contribution in [2.45, 2.75) is 12.3 Å². The molecule has 0 bridgehead atoms. The van der Waals surface area contributed by atoms with E-state index in [-0.39, 0.29) is 11.7 Å². The van der Waals surface area contributed by atoms with Gasteiger partial charge in [0.15, 0.2) is 0 Å². The van der Waals surface area contributed by atoms with Crippen molar-refractivity contribution in [3.05, 3.63) is 53.6 Å². The van der Waals surface area contributed by atoms with Crippen LogP contribution in [0.25, 0.3) is 0 Å². The second-order valence-corrected chi connectivity index (χ2v) is 5.09. The van der Waals surface area contributed by atoms with Gasteiger partial charge in [0.25, 0.3) is 0 Å². The summed E-state index contributed by atoms with van der Waals surface area (Å²) in [6.45, 7) is 0. The molecular formula is C18H20O5. The first-order valence-corrected chi connectivity index (χ1v) is 7.16. The molecule has 0 aliphatic rings. The molecule has 23 heavy (non-hydrogen) atoms. The molecule has 0 saturated heterocycles. The first kappa shape index (κ1) is 16.7. The van der Waals surface area contributed by atoms with E-state index < -0.39 is 5.92 Å². The van der Waals surface area contributed by atoms with Crippen LogP contribution in [0.1, 0.15) is 17.0 Å². The average Bonchev–Trinajstić information content (AvgIpc) is 2.59. The number of phenolic OH excluding ortho intramolecular Hbond substituents is 1. The number of ether oxygens (including phenoxy) is 3. The van der Waals surface area contributed by atoms with E-state index in [1.807, 2.05) is 12.1 Å². The summed E-state index contributed by atoms with van der Waals surface area (Å²) in [5.41, 5.74) is 1.67. The van der Waals surface area contributed by atoms with Gasteiger partial charge in [0.1, 0.15) is 17.2 Å². The number of phenols is 1. The first-order valence-electron chi connectivity index (χ1n) is 7.16. The lowest BCUT2D eigenvalue weighted by Gasteiger charge is -2.16. The second kappa shape index (κ2) is 7.54. The molecule has 0 fully saturated rings. The minimum atomic E-state index is -0.475. The molecule has 1 unspecified atom stereocenters. The zero-order valence-electron chi connectivity index (χ0n) is 13.4. The highest BCUT2D eigenvalue weighted by molar-refractivity contribution is 5.78. The Hall–Kier alpha value is -2.69. The fourth-order valence-electron chi connectivity index (χ4n) is 2.41. The van der Waals surface area contributed by atoms with Crippen LogP contribution in [-0.2, 0) is 16.0 Å². The smallest absolute Gasteiger partial charge is 0.313 e. The Morgan fingerprint density at radius 1 is 1.00 bits per heavy atom. The van der Waals surface area contributed by atoms with Crippen LogP contribution in [0, 0.1) is 0 Å². The number of carbonyl (C=O) groups excluding carboxylic acids is 1. The summed E-state index contributed by atoms with van der Waals surface area (Å²) in [6.07, 6.45) is 0.436. The Balaban J connectivity index is 2.34. The van der Waals surface area contributed by atoms with Gasteiger partial charge in [0.05, 0.1) is 27.2 Å². The first-order chi connectivity index (χ1) is 11.1. The zero-order chi connectivity index (χ0) is 16.8. The van der Waals surface area contributed by atoms with E-state index in [1.54, 1.807) is 44.6 Å². The lowest BCUT2D eigenvalue weighted by Crippen LogP contribution is -2.17. The van der Waals surface area contributed by atoms with Gasteiger partial charge < -0.3 is 19.3 Å². The van der Waals surface area contributed by atoms with Gasteiger partial charge in [-0.1, -0.05) is 12.1 Å². The van der Waals surface area contributed by atoms with E-state index in [4.69, 9.17) is 14.2 Å². The van der Waals surface area contributed by atoms with Gasteiger partial charge in [-0.15, -0.1) is 0 Å². The van der Waals surface area contributed by atoms with Gasteiger partial charge in [-0.25, -0.2) is 0 Å². The maximum absolute atomic E-state index is 12.2. The number of carbonyl (C=O) groups is 1. The van der Waals surface area contributed by atoms with E-state index in [0.717, 1.165) is 11.1 Å². The number of hydrogen-bond acceptors (Lipinski definition) is 5. The number of hydrogen-bond donors (Lipinski definition) is 1. The molecule has 5 heteroatoms. The highest BCUT2D eigenvalue weighted by atomic mass is 16.5. The molecule has 0 radical (unpaired) electrons. The van der Waals surface area contributed by atoms with Crippen LogP contribution in [0.15, 0.2) is 42.5 Å². The standard InChI is InChI=1S/C18H20O5/c1-21-15-8-12(9-16(11-15)22-2)10-17(18(20)23-3)13-4-6-14(19)7-5-13/h4-9,11,17,19H,10H2,1-3H3. The van der Waals surface area contributed by atoms with Gasteiger partial charge in [-0.05, 0) is 41.8 Å². The molecule has 0 amide bonds. The Kier molecular flexibility index (Phi) is 5.46. The molecule has 0 aliphatic heterocycles. The second-order valence-electron chi connectivity index (χ2n) is 5.09. The Morgan fingerprint density at radius 3 is 2.04 bits per heavy atom. The van der Waals surface area contributed by atoms with Crippen LogP contribution in [0.4, 0.5) is 0 Å². The van der Waals surface area contributed by atoms with E-state index >= 15 is 0 Å². The fourth-order valence-corrected chi connectivity index (χ4v) is 2.41. The van der Waals surface area contributed by atoms with Crippen molar-refractivity contribution in [2.24, 2.45) is 0 Å². The largest absolute Gasteiger partial charge is 0.508 e. The molecule has 1 atom stereocenters. The fraction of sp³-hybridized carbons (Fsp3) is 0.278. The van der Waals surface area contributed by atoms with Crippen LogP contribution >= 0.6 is 0 Å². The van der Waals surface area contributed by atoms with Crippen LogP contribution in [0.3, 0.4) is 0 Å². The molecule has 0 heterocycles. The van der Waals surface area contributed by atoms with E-state index in [0.29, 0.717) is 17.9 Å². The molecule has 2 rings (SSSR count). The van der Waals surface area contributed by atoms with Crippen molar-refractivity contribution in [1.82, 2.24) is 0 Å². The highest BCUT2D eigenvalue weighted by Crippen LogP contribution is 2.29. The van der Waals surface area contributed by atoms with E-state index in [1.165, 1.54) is 7.11 Å². The summed E-state index contributed by atoms with van der Waals surface area (Å²) in [5.74, 6) is 0.664. The van der Waals surface area contributed by atoms with Crippen LogP contribution < -0.4 is 9.47 Å². The monoisotopic (exact) mass is 316 g/mol. The molecule has 0 aromatic heterocycles. The molecule has 2 aromatic rings. The molecule has 0 saturated carbocycles. The van der Waals surface area contributed by atoms with Crippen molar-refractivity contribution in [2.75, 3.05) is 21.3 Å². The Labute approximate surface area is 135 Å². The van der Waals surface area contributed by atoms with E-state index in [9.17, 15) is 9.90 Å². The van der Waals surface area contributed by atoms with Crippen molar-refractivity contribution in [3.63, 3.8) is 0 Å². The molecular weight excluding hydrogens is 296 g/mol. The lowest BCUT2D eigenvalue weighted by molar-refractivity contribution is -0.142. The normalized spacial score (nSPS) is 11.6. The summed E-state index contributed by atoms with van der Waals surface area (Å²) in [7, 11) is 4.52. The van der Waals surface area contributed by atoms with E-state index in [2.05, 4.69) is 0 Å². The summed E-state index contributed by atoms with van der Waals surface area (Å²) in [4.78, 5) is 12.2. The topological polar surface area (TPSA) is 65.0 Å². The van der Waals surface area contributed by atoms with Crippen molar-refractivity contribution >= 4 is 5.97 Å². The lowest BCUT2D eigenvalue weighted by atomic mass is 9.91. The Bertz CT molecular complexity index is 641. The van der Waals surface area contributed by atoms with Gasteiger partial charge >= 0.3 is 5.97 Å². The minimum Gasteiger partial charge on any atom is -0.508 e. The van der Waals surface area contributed by atoms with Gasteiger partial charge in [0, 0.05) is 6.07 Å². The van der Waals surface area contributed by atoms with Gasteiger partial charge in [-0.2, -0.15) is 0 Å². The van der Waals surface area contributed by atoms with Crippen LogP contribution in [0.5, 0.6) is 17.2 Å². The zero-order valence-corrected chi connectivity index (χ0v) is 13.4. The number of methoxy groups -OCH3 is 3. The molecule has 2 aromatic carbocycles. The van der Waals surface area contributed by atoms with Crippen molar-refractivity contribution in [1.29, 1.82) is 0 Å². The SMILES string of the molecule is COC(=O)C(Cc1cc(OC)cc(OC)c1)c1ccc(O)cc1. The molecule has 5 nitrogen and oxygen atoms in total. The Morgan fingerprint density at radius 2 is 1.57 bits per heavy atom. The number of rotatable bonds is 6. The van der Waals surface area contributed by atoms with Crippen LogP contribution in [0.2, 0.25) is 0 Å². The quantitative estimate of drug-likeness (QED) is 0.830. The van der Waals surface area contributed by atoms with Gasteiger partial charge in [0.2, 0.25) is 0 Å². The third kappa shape index (κ3) is 4.16. The maximum Gasteiger partial charge on any atom is 0.313 e. The maximum atomic E-state index is 12.2. The minimum absolute atomic E-state index is 0.153. The highest BCUT2D eigenvalue weighted by Gasteiger charge is 2.22.